The van der Waals surface area contributed by atoms with Crippen molar-refractivity contribution < 1.29 is 4.79 Å². The van der Waals surface area contributed by atoms with Crippen molar-refractivity contribution in [3.63, 3.8) is 0 Å². The molecule has 4 aromatic rings. The molecule has 1 N–H and O–H groups in total. The predicted molar refractivity (Wildman–Crippen MR) is 139 cm³/mol. The van der Waals surface area contributed by atoms with E-state index in [1.807, 2.05) is 30.3 Å². The third-order valence-corrected chi connectivity index (χ3v) is 6.73. The highest BCUT2D eigenvalue weighted by molar-refractivity contribution is 9.10. The SMILES string of the molecule is CCC(C)c1ccc(Cn2c(CCCNC(=O)c3ccc(Br)cc3)nc3ccccc32)cc1. The molecule has 1 unspecified atom stereocenters. The lowest BCUT2D eigenvalue weighted by atomic mass is 9.97. The van der Waals surface area contributed by atoms with Gasteiger partial charge in [-0.2, -0.15) is 0 Å². The van der Waals surface area contributed by atoms with Gasteiger partial charge in [-0.1, -0.05) is 66.2 Å². The van der Waals surface area contributed by atoms with Gasteiger partial charge in [0.05, 0.1) is 11.0 Å². The number of nitrogens with zero attached hydrogens (tertiary/aromatic N) is 2. The molecule has 0 fully saturated rings. The highest BCUT2D eigenvalue weighted by Crippen LogP contribution is 2.22. The molecule has 1 heterocycles. The van der Waals surface area contributed by atoms with E-state index in [0.717, 1.165) is 47.1 Å². The third kappa shape index (κ3) is 5.72. The van der Waals surface area contributed by atoms with Crippen LogP contribution < -0.4 is 5.32 Å². The lowest BCUT2D eigenvalue weighted by Gasteiger charge is -2.12. The van der Waals surface area contributed by atoms with E-state index < -0.39 is 0 Å². The summed E-state index contributed by atoms with van der Waals surface area (Å²) < 4.78 is 3.27. The molecule has 0 saturated heterocycles. The number of aryl methyl sites for hydroxylation is 1. The Labute approximate surface area is 204 Å². The van der Waals surface area contributed by atoms with E-state index in [2.05, 4.69) is 82.1 Å². The van der Waals surface area contributed by atoms with Gasteiger partial charge in [0.2, 0.25) is 0 Å². The summed E-state index contributed by atoms with van der Waals surface area (Å²) in [4.78, 5) is 17.3. The van der Waals surface area contributed by atoms with Crippen LogP contribution in [-0.4, -0.2) is 22.0 Å². The number of rotatable bonds is 9. The zero-order valence-electron chi connectivity index (χ0n) is 19.2. The van der Waals surface area contributed by atoms with Crippen molar-refractivity contribution in [3.05, 3.63) is 99.8 Å². The van der Waals surface area contributed by atoms with E-state index >= 15 is 0 Å². The van der Waals surface area contributed by atoms with Crippen LogP contribution in [0.15, 0.2) is 77.3 Å². The molecule has 0 aliphatic rings. The minimum atomic E-state index is -0.0441. The first-order valence-corrected chi connectivity index (χ1v) is 12.4. The topological polar surface area (TPSA) is 46.9 Å². The van der Waals surface area contributed by atoms with Crippen LogP contribution in [-0.2, 0) is 13.0 Å². The van der Waals surface area contributed by atoms with Crippen molar-refractivity contribution in [2.45, 2.75) is 45.6 Å². The molecule has 0 saturated carbocycles. The average molecular weight is 504 g/mol. The van der Waals surface area contributed by atoms with E-state index in [-0.39, 0.29) is 5.91 Å². The number of para-hydroxylation sites is 2. The van der Waals surface area contributed by atoms with Gasteiger partial charge in [-0.25, -0.2) is 4.98 Å². The molecule has 0 spiro atoms. The maximum absolute atomic E-state index is 12.4. The Morgan fingerprint density at radius 3 is 2.48 bits per heavy atom. The van der Waals surface area contributed by atoms with Crippen molar-refractivity contribution >= 4 is 32.9 Å². The first-order valence-electron chi connectivity index (χ1n) is 11.6. The molecule has 4 nitrogen and oxygen atoms in total. The van der Waals surface area contributed by atoms with Gasteiger partial charge in [-0.3, -0.25) is 4.79 Å². The molecule has 1 amide bonds. The Hall–Kier alpha value is -2.92. The number of nitrogens with one attached hydrogen (secondary N) is 1. The Balaban J connectivity index is 1.43. The highest BCUT2D eigenvalue weighted by atomic mass is 79.9. The number of hydrogen-bond acceptors (Lipinski definition) is 2. The van der Waals surface area contributed by atoms with E-state index in [1.54, 1.807) is 0 Å². The first kappa shape index (κ1) is 23.2. The monoisotopic (exact) mass is 503 g/mol. The van der Waals surface area contributed by atoms with Crippen LogP contribution in [0.1, 0.15) is 59.9 Å². The van der Waals surface area contributed by atoms with Gasteiger partial charge in [0.25, 0.3) is 5.91 Å². The van der Waals surface area contributed by atoms with E-state index in [4.69, 9.17) is 4.98 Å². The molecular weight excluding hydrogens is 474 g/mol. The van der Waals surface area contributed by atoms with Gasteiger partial charge in [0.1, 0.15) is 5.82 Å². The van der Waals surface area contributed by atoms with Crippen LogP contribution >= 0.6 is 15.9 Å². The summed E-state index contributed by atoms with van der Waals surface area (Å²) in [5, 5.41) is 3.02. The van der Waals surface area contributed by atoms with Crippen molar-refractivity contribution in [1.29, 1.82) is 0 Å². The second-order valence-electron chi connectivity index (χ2n) is 8.52. The molecule has 0 radical (unpaired) electrons. The number of fused-ring (bicyclic) bond motifs is 1. The van der Waals surface area contributed by atoms with Gasteiger partial charge in [0.15, 0.2) is 0 Å². The molecule has 3 aromatic carbocycles. The molecule has 0 aliphatic heterocycles. The fourth-order valence-electron chi connectivity index (χ4n) is 4.01. The lowest BCUT2D eigenvalue weighted by molar-refractivity contribution is 0.0953. The maximum Gasteiger partial charge on any atom is 0.251 e. The average Bonchev–Trinajstić information content (AvgIpc) is 3.19. The molecule has 0 bridgehead atoms. The standard InChI is InChI=1S/C28H30BrN3O/c1-3-20(2)22-12-10-21(11-13-22)19-32-26-8-5-4-7-25(26)31-27(32)9-6-18-30-28(33)23-14-16-24(29)17-15-23/h4-5,7-8,10-17,20H,3,6,9,18-19H2,1-2H3,(H,30,33). The highest BCUT2D eigenvalue weighted by Gasteiger charge is 2.12. The molecular formula is C28H30BrN3O. The second kappa shape index (κ2) is 10.8. The van der Waals surface area contributed by atoms with Crippen LogP contribution in [0, 0.1) is 0 Å². The zero-order valence-corrected chi connectivity index (χ0v) is 20.8. The van der Waals surface area contributed by atoms with Gasteiger partial charge < -0.3 is 9.88 Å². The van der Waals surface area contributed by atoms with Gasteiger partial charge in [-0.15, -0.1) is 0 Å². The Morgan fingerprint density at radius 1 is 1.03 bits per heavy atom. The van der Waals surface area contributed by atoms with Crippen molar-refractivity contribution in [1.82, 2.24) is 14.9 Å². The van der Waals surface area contributed by atoms with Crippen LogP contribution in [0.5, 0.6) is 0 Å². The van der Waals surface area contributed by atoms with Gasteiger partial charge in [-0.05, 0) is 66.3 Å². The second-order valence-corrected chi connectivity index (χ2v) is 9.44. The Bertz CT molecular complexity index is 1210. The molecule has 1 atom stereocenters. The summed E-state index contributed by atoms with van der Waals surface area (Å²) in [5.41, 5.74) is 5.50. The predicted octanol–water partition coefficient (Wildman–Crippen LogP) is 6.72. The summed E-state index contributed by atoms with van der Waals surface area (Å²) >= 11 is 3.40. The fraction of sp³-hybridized carbons (Fsp3) is 0.286. The van der Waals surface area contributed by atoms with Gasteiger partial charge in [0, 0.05) is 29.5 Å². The number of imidazole rings is 1. The number of aromatic nitrogens is 2. The molecule has 0 aliphatic carbocycles. The van der Waals surface area contributed by atoms with Gasteiger partial charge >= 0.3 is 0 Å². The number of halogens is 1. The van der Waals surface area contributed by atoms with E-state index in [0.29, 0.717) is 18.0 Å². The largest absolute Gasteiger partial charge is 0.352 e. The van der Waals surface area contributed by atoms with Crippen LogP contribution in [0.4, 0.5) is 0 Å². The van der Waals surface area contributed by atoms with E-state index in [9.17, 15) is 4.79 Å². The molecule has 33 heavy (non-hydrogen) atoms. The summed E-state index contributed by atoms with van der Waals surface area (Å²) in [7, 11) is 0. The van der Waals surface area contributed by atoms with Crippen LogP contribution in [0.25, 0.3) is 11.0 Å². The van der Waals surface area contributed by atoms with Crippen LogP contribution in [0.2, 0.25) is 0 Å². The Kier molecular flexibility index (Phi) is 7.61. The summed E-state index contributed by atoms with van der Waals surface area (Å²) in [6.45, 7) is 5.90. The quantitative estimate of drug-likeness (QED) is 0.257. The summed E-state index contributed by atoms with van der Waals surface area (Å²) in [6, 6.07) is 24.7. The number of carbonyl (C=O) groups excluding carboxylic acids is 1. The molecule has 170 valence electrons. The maximum atomic E-state index is 12.4. The van der Waals surface area contributed by atoms with Crippen molar-refractivity contribution in [2.75, 3.05) is 6.54 Å². The zero-order chi connectivity index (χ0) is 23.2. The number of carbonyl (C=O) groups is 1. The fourth-order valence-corrected chi connectivity index (χ4v) is 4.28. The number of benzene rings is 3. The normalized spacial score (nSPS) is 12.1. The van der Waals surface area contributed by atoms with E-state index in [1.165, 1.54) is 11.1 Å². The number of amides is 1. The third-order valence-electron chi connectivity index (χ3n) is 6.20. The van der Waals surface area contributed by atoms with Crippen LogP contribution in [0.3, 0.4) is 0 Å². The molecule has 4 rings (SSSR count). The first-order chi connectivity index (χ1) is 16.0. The van der Waals surface area contributed by atoms with Crippen molar-refractivity contribution in [2.24, 2.45) is 0 Å². The Morgan fingerprint density at radius 2 is 1.76 bits per heavy atom. The smallest absolute Gasteiger partial charge is 0.251 e. The minimum absolute atomic E-state index is 0.0441. The lowest BCUT2D eigenvalue weighted by Crippen LogP contribution is -2.25. The minimum Gasteiger partial charge on any atom is -0.352 e. The summed E-state index contributed by atoms with van der Waals surface area (Å²) in [6.07, 6.45) is 2.78. The molecule has 5 heteroatoms. The molecule has 1 aromatic heterocycles. The van der Waals surface area contributed by atoms with Crippen molar-refractivity contribution in [3.8, 4) is 0 Å². The summed E-state index contributed by atoms with van der Waals surface area (Å²) in [5.74, 6) is 1.59. The number of hydrogen-bond donors (Lipinski definition) is 1.